The summed E-state index contributed by atoms with van der Waals surface area (Å²) in [6.45, 7) is 1.89. The molecule has 0 aliphatic heterocycles. The van der Waals surface area contributed by atoms with Gasteiger partial charge in [-0.25, -0.2) is 0 Å². The predicted molar refractivity (Wildman–Crippen MR) is 56.0 cm³/mol. The minimum Gasteiger partial charge on any atom is -0.350 e. The molecule has 4 heteroatoms. The summed E-state index contributed by atoms with van der Waals surface area (Å²) in [7, 11) is 0. The number of amides is 1. The number of hydrogen-bond acceptors (Lipinski definition) is 3. The molecular weight excluding hydrogens is 192 g/mol. The van der Waals surface area contributed by atoms with Crippen molar-refractivity contribution in [2.24, 2.45) is 0 Å². The molecule has 0 atom stereocenters. The molecule has 1 heterocycles. The van der Waals surface area contributed by atoms with Crippen LogP contribution in [0.2, 0.25) is 0 Å². The third-order valence-corrected chi connectivity index (χ3v) is 1.90. The minimum atomic E-state index is -0.115. The van der Waals surface area contributed by atoms with Crippen LogP contribution in [0.5, 0.6) is 0 Å². The summed E-state index contributed by atoms with van der Waals surface area (Å²) < 4.78 is 0. The zero-order chi connectivity index (χ0) is 11.1. The molecule has 1 aromatic heterocycles. The Labute approximate surface area is 88.7 Å². The van der Waals surface area contributed by atoms with E-state index in [1.165, 1.54) is 6.92 Å². The zero-order valence-corrected chi connectivity index (χ0v) is 8.69. The lowest BCUT2D eigenvalue weighted by Gasteiger charge is -2.03. The van der Waals surface area contributed by atoms with Crippen molar-refractivity contribution in [1.82, 2.24) is 10.3 Å². The fourth-order valence-electron chi connectivity index (χ4n) is 1.07. The smallest absolute Gasteiger partial charge is 0.220 e. The number of nitrogens with one attached hydrogen (secondary N) is 1. The molecule has 1 aromatic rings. The number of nitrogens with zero attached hydrogens (tertiary/aromatic N) is 1. The first-order chi connectivity index (χ1) is 7.18. The Morgan fingerprint density at radius 3 is 2.73 bits per heavy atom. The Morgan fingerprint density at radius 1 is 1.33 bits per heavy atom. The zero-order valence-electron chi connectivity index (χ0n) is 8.69. The van der Waals surface area contributed by atoms with Gasteiger partial charge in [-0.1, -0.05) is 6.07 Å². The summed E-state index contributed by atoms with van der Waals surface area (Å²) in [5.41, 5.74) is 0.814. The Bertz CT molecular complexity index is 336. The first kappa shape index (κ1) is 11.4. The molecule has 0 bridgehead atoms. The van der Waals surface area contributed by atoms with Crippen LogP contribution in [0.4, 0.5) is 0 Å². The first-order valence-electron chi connectivity index (χ1n) is 4.84. The van der Waals surface area contributed by atoms with Crippen LogP contribution in [0.25, 0.3) is 0 Å². The maximum absolute atomic E-state index is 11.2. The average molecular weight is 206 g/mol. The van der Waals surface area contributed by atoms with Crippen molar-refractivity contribution in [2.45, 2.75) is 26.3 Å². The molecule has 1 rings (SSSR count). The van der Waals surface area contributed by atoms with E-state index in [0.717, 1.165) is 5.69 Å². The van der Waals surface area contributed by atoms with Gasteiger partial charge in [-0.15, -0.1) is 0 Å². The van der Waals surface area contributed by atoms with Crippen molar-refractivity contribution in [3.05, 3.63) is 30.1 Å². The van der Waals surface area contributed by atoms with Gasteiger partial charge < -0.3 is 10.1 Å². The van der Waals surface area contributed by atoms with E-state index in [9.17, 15) is 9.59 Å². The second-order valence-corrected chi connectivity index (χ2v) is 3.30. The maximum atomic E-state index is 11.2. The third kappa shape index (κ3) is 4.90. The van der Waals surface area contributed by atoms with E-state index in [1.54, 1.807) is 6.20 Å². The summed E-state index contributed by atoms with van der Waals surface area (Å²) >= 11 is 0. The number of aromatic nitrogens is 1. The lowest BCUT2D eigenvalue weighted by atomic mass is 10.2. The monoisotopic (exact) mass is 206 g/mol. The normalized spacial score (nSPS) is 9.67. The molecule has 1 amide bonds. The summed E-state index contributed by atoms with van der Waals surface area (Å²) in [5, 5.41) is 2.70. The van der Waals surface area contributed by atoms with Crippen LogP contribution in [0.1, 0.15) is 25.5 Å². The van der Waals surface area contributed by atoms with Crippen LogP contribution in [-0.2, 0) is 16.1 Å². The van der Waals surface area contributed by atoms with E-state index in [2.05, 4.69) is 10.3 Å². The van der Waals surface area contributed by atoms with E-state index in [4.69, 9.17) is 0 Å². The van der Waals surface area contributed by atoms with Crippen molar-refractivity contribution in [2.75, 3.05) is 0 Å². The van der Waals surface area contributed by atoms with Gasteiger partial charge in [0.2, 0.25) is 5.91 Å². The van der Waals surface area contributed by atoms with Gasteiger partial charge in [-0.3, -0.25) is 9.78 Å². The molecule has 15 heavy (non-hydrogen) atoms. The van der Waals surface area contributed by atoms with Crippen LogP contribution >= 0.6 is 0 Å². The summed E-state index contributed by atoms with van der Waals surface area (Å²) in [4.78, 5) is 25.9. The highest BCUT2D eigenvalue weighted by atomic mass is 16.2. The van der Waals surface area contributed by atoms with Crippen LogP contribution in [0.15, 0.2) is 24.4 Å². The quantitative estimate of drug-likeness (QED) is 0.783. The molecule has 0 aliphatic rings. The van der Waals surface area contributed by atoms with Gasteiger partial charge in [0.1, 0.15) is 5.78 Å². The summed E-state index contributed by atoms with van der Waals surface area (Å²) in [6.07, 6.45) is 2.23. The number of ketones is 1. The Hall–Kier alpha value is -1.71. The van der Waals surface area contributed by atoms with Crippen molar-refractivity contribution in [3.63, 3.8) is 0 Å². The molecule has 0 aliphatic carbocycles. The first-order valence-corrected chi connectivity index (χ1v) is 4.84. The number of pyridine rings is 1. The fourth-order valence-corrected chi connectivity index (χ4v) is 1.07. The molecule has 0 spiro atoms. The van der Waals surface area contributed by atoms with Gasteiger partial charge in [-0.05, 0) is 19.1 Å². The summed E-state index contributed by atoms with van der Waals surface area (Å²) in [5.74, 6) is -0.0844. The van der Waals surface area contributed by atoms with Gasteiger partial charge >= 0.3 is 0 Å². The molecule has 0 saturated carbocycles. The Morgan fingerprint density at radius 2 is 2.13 bits per heavy atom. The van der Waals surface area contributed by atoms with Gasteiger partial charge in [0.25, 0.3) is 0 Å². The van der Waals surface area contributed by atoms with Crippen molar-refractivity contribution in [1.29, 1.82) is 0 Å². The number of hydrogen-bond donors (Lipinski definition) is 1. The van der Waals surface area contributed by atoms with Gasteiger partial charge in [0.15, 0.2) is 0 Å². The van der Waals surface area contributed by atoms with Gasteiger partial charge in [0, 0.05) is 19.0 Å². The van der Waals surface area contributed by atoms with Crippen LogP contribution in [-0.4, -0.2) is 16.7 Å². The summed E-state index contributed by atoms with van der Waals surface area (Å²) in [6, 6.07) is 5.52. The van der Waals surface area contributed by atoms with Crippen molar-refractivity contribution >= 4 is 11.7 Å². The fraction of sp³-hybridized carbons (Fsp3) is 0.364. The van der Waals surface area contributed by atoms with Gasteiger partial charge in [-0.2, -0.15) is 0 Å². The molecule has 0 fully saturated rings. The van der Waals surface area contributed by atoms with Crippen molar-refractivity contribution < 1.29 is 9.59 Å². The largest absolute Gasteiger partial charge is 0.350 e. The highest BCUT2D eigenvalue weighted by Gasteiger charge is 2.03. The van der Waals surface area contributed by atoms with E-state index in [-0.39, 0.29) is 18.1 Å². The Balaban J connectivity index is 2.26. The number of carbonyl (C=O) groups is 2. The highest BCUT2D eigenvalue weighted by molar-refractivity contribution is 5.83. The highest BCUT2D eigenvalue weighted by Crippen LogP contribution is 1.94. The number of Topliss-reactive ketones (excluding diaryl/α,β-unsaturated/α-hetero) is 1. The molecule has 80 valence electrons. The lowest BCUT2D eigenvalue weighted by Crippen LogP contribution is -2.23. The molecule has 0 aromatic carbocycles. The minimum absolute atomic E-state index is 0.0305. The van der Waals surface area contributed by atoms with Crippen LogP contribution < -0.4 is 5.32 Å². The van der Waals surface area contributed by atoms with Crippen LogP contribution in [0.3, 0.4) is 0 Å². The second-order valence-electron chi connectivity index (χ2n) is 3.30. The third-order valence-electron chi connectivity index (χ3n) is 1.90. The Kier molecular flexibility index (Phi) is 4.47. The molecule has 1 N–H and O–H groups in total. The van der Waals surface area contributed by atoms with E-state index < -0.39 is 0 Å². The van der Waals surface area contributed by atoms with Crippen LogP contribution in [0, 0.1) is 0 Å². The van der Waals surface area contributed by atoms with E-state index in [0.29, 0.717) is 13.0 Å². The lowest BCUT2D eigenvalue weighted by molar-refractivity contribution is -0.124. The maximum Gasteiger partial charge on any atom is 0.220 e. The number of rotatable bonds is 5. The standard InChI is InChI=1S/C11H14N2O2/c1-9(14)5-6-11(15)13-8-10-4-2-3-7-12-10/h2-4,7H,5-6,8H2,1H3,(H,13,15). The molecule has 0 radical (unpaired) electrons. The van der Waals surface area contributed by atoms with E-state index >= 15 is 0 Å². The van der Waals surface area contributed by atoms with Gasteiger partial charge in [0.05, 0.1) is 12.2 Å². The topological polar surface area (TPSA) is 59.1 Å². The molecule has 0 saturated heterocycles. The predicted octanol–water partition coefficient (Wildman–Crippen LogP) is 1.07. The second kappa shape index (κ2) is 5.90. The number of carbonyl (C=O) groups excluding carboxylic acids is 2. The molecule has 4 nitrogen and oxygen atoms in total. The molecule has 0 unspecified atom stereocenters. The van der Waals surface area contributed by atoms with Crippen molar-refractivity contribution in [3.8, 4) is 0 Å². The SMILES string of the molecule is CC(=O)CCC(=O)NCc1ccccn1. The van der Waals surface area contributed by atoms with E-state index in [1.807, 2.05) is 18.2 Å². The average Bonchev–Trinajstić information content (AvgIpc) is 2.25. The molecular formula is C11H14N2O2.